The van der Waals surface area contributed by atoms with E-state index in [4.69, 9.17) is 0 Å². The van der Waals surface area contributed by atoms with E-state index in [0.29, 0.717) is 18.4 Å². The van der Waals surface area contributed by atoms with Crippen LogP contribution in [0.15, 0.2) is 0 Å². The van der Waals surface area contributed by atoms with Gasteiger partial charge in [0.2, 0.25) is 5.91 Å². The molecule has 0 aromatic heterocycles. The number of carbonyl (C=O) groups excluding carboxylic acids is 1. The van der Waals surface area contributed by atoms with Gasteiger partial charge in [-0.3, -0.25) is 4.79 Å². The van der Waals surface area contributed by atoms with Crippen LogP contribution in [0.4, 0.5) is 0 Å². The van der Waals surface area contributed by atoms with E-state index in [9.17, 15) is 4.79 Å². The van der Waals surface area contributed by atoms with Crippen molar-refractivity contribution in [1.29, 1.82) is 0 Å². The molecule has 1 saturated heterocycles. The molecule has 0 aliphatic carbocycles. The Morgan fingerprint density at radius 2 is 2.00 bits per heavy atom. The molecule has 1 aliphatic heterocycles. The second-order valence-electron chi connectivity index (χ2n) is 4.19. The van der Waals surface area contributed by atoms with Gasteiger partial charge in [-0.15, -0.1) is 12.4 Å². The Morgan fingerprint density at radius 3 is 2.50 bits per heavy atom. The SMILES string of the molecule is CC(C)CC(=O)NC1CCNCC1.Cl. The van der Waals surface area contributed by atoms with Crippen molar-refractivity contribution in [1.82, 2.24) is 10.6 Å². The predicted molar refractivity (Wildman–Crippen MR) is 60.7 cm³/mol. The molecule has 14 heavy (non-hydrogen) atoms. The van der Waals surface area contributed by atoms with Gasteiger partial charge in [0.25, 0.3) is 0 Å². The van der Waals surface area contributed by atoms with Gasteiger partial charge in [-0.2, -0.15) is 0 Å². The maximum absolute atomic E-state index is 11.4. The molecule has 2 N–H and O–H groups in total. The van der Waals surface area contributed by atoms with Gasteiger partial charge in [-0.25, -0.2) is 0 Å². The second-order valence-corrected chi connectivity index (χ2v) is 4.19. The molecular weight excluding hydrogens is 200 g/mol. The summed E-state index contributed by atoms with van der Waals surface area (Å²) < 4.78 is 0. The van der Waals surface area contributed by atoms with Crippen LogP contribution in [0.1, 0.15) is 33.1 Å². The molecule has 0 aromatic carbocycles. The molecule has 1 rings (SSSR count). The Morgan fingerprint density at radius 1 is 1.43 bits per heavy atom. The molecule has 0 atom stereocenters. The van der Waals surface area contributed by atoms with E-state index in [0.717, 1.165) is 25.9 Å². The van der Waals surface area contributed by atoms with Gasteiger partial charge in [0.1, 0.15) is 0 Å². The average Bonchev–Trinajstić information content (AvgIpc) is 2.04. The number of nitrogens with one attached hydrogen (secondary N) is 2. The predicted octanol–water partition coefficient (Wildman–Crippen LogP) is 1.32. The van der Waals surface area contributed by atoms with Crippen molar-refractivity contribution in [2.45, 2.75) is 39.2 Å². The molecule has 0 saturated carbocycles. The van der Waals surface area contributed by atoms with Gasteiger partial charge >= 0.3 is 0 Å². The van der Waals surface area contributed by atoms with Gasteiger partial charge in [0.15, 0.2) is 0 Å². The summed E-state index contributed by atoms with van der Waals surface area (Å²) in [7, 11) is 0. The summed E-state index contributed by atoms with van der Waals surface area (Å²) >= 11 is 0. The normalized spacial score (nSPS) is 17.6. The number of amides is 1. The molecule has 1 heterocycles. The molecule has 0 radical (unpaired) electrons. The smallest absolute Gasteiger partial charge is 0.220 e. The summed E-state index contributed by atoms with van der Waals surface area (Å²) in [6.45, 7) is 6.21. The lowest BCUT2D eigenvalue weighted by atomic mass is 10.1. The average molecular weight is 221 g/mol. The minimum absolute atomic E-state index is 0. The van der Waals surface area contributed by atoms with E-state index < -0.39 is 0 Å². The zero-order chi connectivity index (χ0) is 9.68. The standard InChI is InChI=1S/C10H20N2O.ClH/c1-8(2)7-10(13)12-9-3-5-11-6-4-9;/h8-9,11H,3-7H2,1-2H3,(H,12,13);1H. The van der Waals surface area contributed by atoms with Crippen LogP contribution in [0.25, 0.3) is 0 Å². The molecule has 3 nitrogen and oxygen atoms in total. The monoisotopic (exact) mass is 220 g/mol. The first-order chi connectivity index (χ1) is 6.18. The van der Waals surface area contributed by atoms with Gasteiger partial charge < -0.3 is 10.6 Å². The highest BCUT2D eigenvalue weighted by atomic mass is 35.5. The minimum atomic E-state index is 0. The van der Waals surface area contributed by atoms with E-state index >= 15 is 0 Å². The lowest BCUT2D eigenvalue weighted by molar-refractivity contribution is -0.122. The molecule has 84 valence electrons. The Labute approximate surface area is 92.4 Å². The van der Waals surface area contributed by atoms with E-state index in [1.165, 1.54) is 0 Å². The number of piperidine rings is 1. The summed E-state index contributed by atoms with van der Waals surface area (Å²) in [5.74, 6) is 0.670. The fraction of sp³-hybridized carbons (Fsp3) is 0.900. The zero-order valence-electron chi connectivity index (χ0n) is 9.01. The van der Waals surface area contributed by atoms with Crippen LogP contribution in [0.2, 0.25) is 0 Å². The lowest BCUT2D eigenvalue weighted by Gasteiger charge is -2.23. The molecule has 1 aliphatic rings. The first-order valence-corrected chi connectivity index (χ1v) is 5.18. The van der Waals surface area contributed by atoms with Crippen LogP contribution < -0.4 is 10.6 Å². The highest BCUT2D eigenvalue weighted by molar-refractivity contribution is 5.85. The van der Waals surface area contributed by atoms with E-state index in [-0.39, 0.29) is 18.3 Å². The van der Waals surface area contributed by atoms with Crippen molar-refractivity contribution in [2.75, 3.05) is 13.1 Å². The van der Waals surface area contributed by atoms with Gasteiger partial charge in [-0.1, -0.05) is 13.8 Å². The van der Waals surface area contributed by atoms with Gasteiger partial charge in [0.05, 0.1) is 0 Å². The number of hydrogen-bond donors (Lipinski definition) is 2. The fourth-order valence-corrected chi connectivity index (χ4v) is 1.62. The van der Waals surface area contributed by atoms with Crippen molar-refractivity contribution in [2.24, 2.45) is 5.92 Å². The molecule has 0 spiro atoms. The summed E-state index contributed by atoms with van der Waals surface area (Å²) in [4.78, 5) is 11.4. The quantitative estimate of drug-likeness (QED) is 0.754. The van der Waals surface area contributed by atoms with Crippen molar-refractivity contribution >= 4 is 18.3 Å². The van der Waals surface area contributed by atoms with Gasteiger partial charge in [-0.05, 0) is 31.8 Å². The molecule has 4 heteroatoms. The number of carbonyl (C=O) groups is 1. The Balaban J connectivity index is 0.00000169. The maximum Gasteiger partial charge on any atom is 0.220 e. The Kier molecular flexibility index (Phi) is 6.93. The minimum Gasteiger partial charge on any atom is -0.353 e. The van der Waals surface area contributed by atoms with Crippen molar-refractivity contribution in [3.63, 3.8) is 0 Å². The zero-order valence-corrected chi connectivity index (χ0v) is 9.82. The summed E-state index contributed by atoms with van der Waals surface area (Å²) in [5.41, 5.74) is 0. The maximum atomic E-state index is 11.4. The fourth-order valence-electron chi connectivity index (χ4n) is 1.62. The summed E-state index contributed by atoms with van der Waals surface area (Å²) in [5, 5.41) is 6.35. The van der Waals surface area contributed by atoms with Crippen LogP contribution in [-0.4, -0.2) is 25.0 Å². The van der Waals surface area contributed by atoms with E-state index in [1.54, 1.807) is 0 Å². The van der Waals surface area contributed by atoms with E-state index in [1.807, 2.05) is 0 Å². The number of hydrogen-bond acceptors (Lipinski definition) is 2. The van der Waals surface area contributed by atoms with Crippen LogP contribution in [0, 0.1) is 5.92 Å². The number of rotatable bonds is 3. The third kappa shape index (κ3) is 5.45. The van der Waals surface area contributed by atoms with Crippen molar-refractivity contribution in [3.05, 3.63) is 0 Å². The topological polar surface area (TPSA) is 41.1 Å². The summed E-state index contributed by atoms with van der Waals surface area (Å²) in [6.07, 6.45) is 2.80. The summed E-state index contributed by atoms with van der Waals surface area (Å²) in [6, 6.07) is 0.410. The lowest BCUT2D eigenvalue weighted by Crippen LogP contribution is -2.42. The van der Waals surface area contributed by atoms with Crippen molar-refractivity contribution in [3.8, 4) is 0 Å². The van der Waals surface area contributed by atoms with Crippen LogP contribution >= 0.6 is 12.4 Å². The number of halogens is 1. The van der Waals surface area contributed by atoms with E-state index in [2.05, 4.69) is 24.5 Å². The Bertz CT molecular complexity index is 168. The largest absolute Gasteiger partial charge is 0.353 e. The Hall–Kier alpha value is -0.280. The first-order valence-electron chi connectivity index (χ1n) is 5.18. The molecule has 0 bridgehead atoms. The first kappa shape index (κ1) is 13.7. The highest BCUT2D eigenvalue weighted by Crippen LogP contribution is 2.04. The van der Waals surface area contributed by atoms with Crippen LogP contribution in [0.5, 0.6) is 0 Å². The third-order valence-corrected chi connectivity index (χ3v) is 2.30. The van der Waals surface area contributed by atoms with Crippen LogP contribution in [-0.2, 0) is 4.79 Å². The molecule has 0 aromatic rings. The third-order valence-electron chi connectivity index (χ3n) is 2.30. The molecule has 1 fully saturated rings. The highest BCUT2D eigenvalue weighted by Gasteiger charge is 2.15. The molecule has 0 unspecified atom stereocenters. The van der Waals surface area contributed by atoms with Gasteiger partial charge in [0, 0.05) is 12.5 Å². The molecular formula is C10H21ClN2O. The van der Waals surface area contributed by atoms with Crippen molar-refractivity contribution < 1.29 is 4.79 Å². The second kappa shape index (κ2) is 7.07. The van der Waals surface area contributed by atoms with Crippen LogP contribution in [0.3, 0.4) is 0 Å². The molecule has 1 amide bonds.